The fourth-order valence-corrected chi connectivity index (χ4v) is 4.82. The van der Waals surface area contributed by atoms with Crippen LogP contribution >= 0.6 is 31.9 Å². The van der Waals surface area contributed by atoms with Crippen LogP contribution in [0.5, 0.6) is 0 Å². The van der Waals surface area contributed by atoms with Crippen molar-refractivity contribution in [3.8, 4) is 0 Å². The van der Waals surface area contributed by atoms with Gasteiger partial charge in [-0.3, -0.25) is 0 Å². The van der Waals surface area contributed by atoms with Gasteiger partial charge in [-0.15, -0.1) is 0 Å². The number of rotatable bonds is 5. The number of anilines is 2. The molecule has 0 spiro atoms. The quantitative estimate of drug-likeness (QED) is 0.304. The zero-order valence-electron chi connectivity index (χ0n) is 20.0. The molecule has 3 aromatic carbocycles. The van der Waals surface area contributed by atoms with Gasteiger partial charge in [0.1, 0.15) is 6.17 Å². The van der Waals surface area contributed by atoms with Gasteiger partial charge in [0.05, 0.1) is 0 Å². The Kier molecular flexibility index (Phi) is 12.0. The summed E-state index contributed by atoms with van der Waals surface area (Å²) in [4.78, 5) is 37.6. The van der Waals surface area contributed by atoms with Crippen LogP contribution in [0.15, 0.2) is 99.1 Å². The van der Waals surface area contributed by atoms with E-state index in [0.717, 1.165) is 28.3 Å². The molecule has 186 valence electrons. The number of carbonyl (C=O) groups excluding carboxylic acids is 4. The molecule has 1 heterocycles. The summed E-state index contributed by atoms with van der Waals surface area (Å²) in [7, 11) is 0. The van der Waals surface area contributed by atoms with Gasteiger partial charge in [-0.05, 0) is 72.5 Å². The predicted octanol–water partition coefficient (Wildman–Crippen LogP) is 7.14. The van der Waals surface area contributed by atoms with E-state index in [9.17, 15) is 0 Å². The molecule has 1 atom stereocenters. The molecule has 0 fully saturated rings. The van der Waals surface area contributed by atoms with E-state index >= 15 is 0 Å². The van der Waals surface area contributed by atoms with E-state index in [2.05, 4.69) is 134 Å². The summed E-state index contributed by atoms with van der Waals surface area (Å²) >= 11 is 7.19. The fourth-order valence-electron chi connectivity index (χ4n) is 4.29. The van der Waals surface area contributed by atoms with E-state index in [1.54, 1.807) is 0 Å². The second-order valence-corrected chi connectivity index (χ2v) is 9.49. The molecule has 0 aliphatic carbocycles. The molecular formula is C28H26Br2N2O4. The van der Waals surface area contributed by atoms with Gasteiger partial charge in [0.2, 0.25) is 0 Å². The van der Waals surface area contributed by atoms with Gasteiger partial charge >= 0.3 is 12.3 Å². The number of hydrogen-bond donors (Lipinski definition) is 0. The van der Waals surface area contributed by atoms with E-state index in [1.807, 2.05) is 0 Å². The third-order valence-corrected chi connectivity index (χ3v) is 6.78. The molecule has 0 aromatic heterocycles. The van der Waals surface area contributed by atoms with E-state index in [4.69, 9.17) is 19.2 Å². The van der Waals surface area contributed by atoms with Crippen LogP contribution in [-0.2, 0) is 19.2 Å². The van der Waals surface area contributed by atoms with Crippen LogP contribution in [0.3, 0.4) is 0 Å². The number of halogens is 2. The highest BCUT2D eigenvalue weighted by Crippen LogP contribution is 2.43. The van der Waals surface area contributed by atoms with Gasteiger partial charge < -0.3 is 9.80 Å². The Morgan fingerprint density at radius 2 is 1.19 bits per heavy atom. The highest BCUT2D eigenvalue weighted by molar-refractivity contribution is 9.10. The van der Waals surface area contributed by atoms with Crippen molar-refractivity contribution in [2.75, 3.05) is 16.3 Å². The molecule has 36 heavy (non-hydrogen) atoms. The van der Waals surface area contributed by atoms with Crippen molar-refractivity contribution in [1.82, 2.24) is 0 Å². The topological polar surface area (TPSA) is 74.8 Å². The summed E-state index contributed by atoms with van der Waals surface area (Å²) < 4.78 is 2.20. The van der Waals surface area contributed by atoms with Crippen molar-refractivity contribution in [3.05, 3.63) is 105 Å². The molecule has 1 aliphatic rings. The van der Waals surface area contributed by atoms with Gasteiger partial charge in [0, 0.05) is 32.6 Å². The van der Waals surface area contributed by atoms with Crippen molar-refractivity contribution in [3.63, 3.8) is 0 Å². The molecule has 0 N–H and O–H groups in total. The summed E-state index contributed by atoms with van der Waals surface area (Å²) in [5.41, 5.74) is 6.67. The normalized spacial score (nSPS) is 14.5. The first-order valence-corrected chi connectivity index (χ1v) is 12.9. The maximum atomic E-state index is 8.12. The number of hydrogen-bond acceptors (Lipinski definition) is 6. The van der Waals surface area contributed by atoms with E-state index < -0.39 is 0 Å². The Morgan fingerprint density at radius 1 is 0.722 bits per heavy atom. The Bertz CT molecular complexity index is 1190. The number of benzene rings is 3. The summed E-state index contributed by atoms with van der Waals surface area (Å²) in [6, 6.07) is 28.2. The Balaban J connectivity index is 0.000000693. The maximum Gasteiger partial charge on any atom is 0.373 e. The minimum Gasteiger partial charge on any atom is -0.343 e. The second-order valence-electron chi connectivity index (χ2n) is 7.66. The van der Waals surface area contributed by atoms with Crippen LogP contribution in [-0.4, -0.2) is 18.8 Å². The molecule has 0 radical (unpaired) electrons. The summed E-state index contributed by atoms with van der Waals surface area (Å²) in [6.45, 7) is 5.48. The fraction of sp³-hybridized carbons (Fsp3) is 0.214. The largest absolute Gasteiger partial charge is 0.373 e. The maximum absolute atomic E-state index is 8.12. The molecule has 6 nitrogen and oxygen atoms in total. The zero-order valence-corrected chi connectivity index (χ0v) is 23.2. The first-order chi connectivity index (χ1) is 17.4. The van der Waals surface area contributed by atoms with Crippen molar-refractivity contribution < 1.29 is 19.2 Å². The summed E-state index contributed by atoms with van der Waals surface area (Å²) in [5, 5.41) is 0. The number of allylic oxidation sites excluding steroid dienone is 1. The van der Waals surface area contributed by atoms with Gasteiger partial charge in [-0.2, -0.15) is 19.2 Å². The third kappa shape index (κ3) is 7.36. The minimum absolute atomic E-state index is 0.0961. The van der Waals surface area contributed by atoms with E-state index in [-0.39, 0.29) is 18.5 Å². The standard InChI is InChI=1S/C26H26Br2N2.2CO2/c1-3-19-18-29(23-14-10-21(27)11-15-23)26(20-8-6-5-7-9-20)30(25(19)4-2)24-16-12-22(28)13-17-24;2*2-1-3/h5-17,26H,3-4,18H2,1-2H3;;. The van der Waals surface area contributed by atoms with Crippen molar-refractivity contribution in [2.24, 2.45) is 0 Å². The number of nitrogens with zero attached hydrogens (tertiary/aromatic N) is 2. The average Bonchev–Trinajstić information content (AvgIpc) is 2.90. The lowest BCUT2D eigenvalue weighted by atomic mass is 9.97. The second kappa shape index (κ2) is 15.0. The molecule has 1 unspecified atom stereocenters. The van der Waals surface area contributed by atoms with Gasteiger partial charge in [0.15, 0.2) is 0 Å². The van der Waals surface area contributed by atoms with Crippen molar-refractivity contribution in [2.45, 2.75) is 32.9 Å². The monoisotopic (exact) mass is 612 g/mol. The van der Waals surface area contributed by atoms with Crippen LogP contribution < -0.4 is 9.80 Å². The first kappa shape index (κ1) is 29.0. The first-order valence-electron chi connectivity index (χ1n) is 11.3. The third-order valence-electron chi connectivity index (χ3n) is 5.72. The molecule has 0 bridgehead atoms. The van der Waals surface area contributed by atoms with Crippen LogP contribution in [0.25, 0.3) is 0 Å². The molecule has 3 aromatic rings. The lowest BCUT2D eigenvalue weighted by molar-refractivity contribution is -0.193. The van der Waals surface area contributed by atoms with Crippen molar-refractivity contribution in [1.29, 1.82) is 0 Å². The molecular weight excluding hydrogens is 588 g/mol. The molecule has 1 aliphatic heterocycles. The molecule has 0 amide bonds. The molecule has 0 saturated carbocycles. The average molecular weight is 614 g/mol. The zero-order chi connectivity index (χ0) is 26.5. The molecule has 8 heteroatoms. The highest BCUT2D eigenvalue weighted by Gasteiger charge is 2.35. The van der Waals surface area contributed by atoms with Crippen LogP contribution in [0.2, 0.25) is 0 Å². The lowest BCUT2D eigenvalue weighted by Gasteiger charge is -2.48. The van der Waals surface area contributed by atoms with E-state index in [0.29, 0.717) is 0 Å². The molecule has 0 saturated heterocycles. The SMILES string of the molecule is CCC1=C(CC)N(c2ccc(Br)cc2)C(c2ccccc2)N(c2ccc(Br)cc2)C1.O=C=O.O=C=O. The summed E-state index contributed by atoms with van der Waals surface area (Å²) in [6.07, 6.45) is 2.65. The lowest BCUT2D eigenvalue weighted by Crippen LogP contribution is -2.47. The Hall–Kier alpha value is -3.28. The van der Waals surface area contributed by atoms with Crippen LogP contribution in [0, 0.1) is 0 Å². The van der Waals surface area contributed by atoms with Crippen LogP contribution in [0.1, 0.15) is 38.4 Å². The van der Waals surface area contributed by atoms with E-state index in [1.165, 1.54) is 28.2 Å². The predicted molar refractivity (Wildman–Crippen MR) is 145 cm³/mol. The Labute approximate surface area is 227 Å². The van der Waals surface area contributed by atoms with Gasteiger partial charge in [-0.1, -0.05) is 76.0 Å². The smallest absolute Gasteiger partial charge is 0.343 e. The summed E-state index contributed by atoms with van der Waals surface area (Å²) in [5.74, 6) is 0. The molecule has 4 rings (SSSR count). The minimum atomic E-state index is 0.0961. The highest BCUT2D eigenvalue weighted by atomic mass is 79.9. The van der Waals surface area contributed by atoms with Gasteiger partial charge in [0.25, 0.3) is 0 Å². The van der Waals surface area contributed by atoms with Crippen molar-refractivity contribution >= 4 is 55.5 Å². The van der Waals surface area contributed by atoms with Crippen LogP contribution in [0.4, 0.5) is 11.4 Å². The Morgan fingerprint density at radius 3 is 1.64 bits per heavy atom. The van der Waals surface area contributed by atoms with Gasteiger partial charge in [-0.25, -0.2) is 0 Å².